The van der Waals surface area contributed by atoms with Gasteiger partial charge in [-0.15, -0.1) is 0 Å². The molecule has 0 atom stereocenters. The van der Waals surface area contributed by atoms with Gasteiger partial charge in [0.15, 0.2) is 0 Å². The van der Waals surface area contributed by atoms with Gasteiger partial charge in [-0.05, 0) is 6.42 Å². The lowest BCUT2D eigenvalue weighted by Gasteiger charge is -1.86. The Hall–Kier alpha value is -1.61. The van der Waals surface area contributed by atoms with Crippen molar-refractivity contribution in [2.24, 2.45) is 0 Å². The summed E-state index contributed by atoms with van der Waals surface area (Å²) in [7, 11) is 0. The monoisotopic (exact) mass is 148 g/mol. The van der Waals surface area contributed by atoms with E-state index in [4.69, 9.17) is 10.5 Å². The van der Waals surface area contributed by atoms with Gasteiger partial charge in [0.1, 0.15) is 6.29 Å². The van der Waals surface area contributed by atoms with Crippen molar-refractivity contribution in [1.82, 2.24) is 0 Å². The molecule has 56 valence electrons. The van der Waals surface area contributed by atoms with Crippen LogP contribution in [-0.4, -0.2) is 6.29 Å². The predicted molar refractivity (Wildman–Crippen MR) is 39.2 cm³/mol. The van der Waals surface area contributed by atoms with E-state index in [1.165, 1.54) is 0 Å². The molecule has 0 saturated carbocycles. The molecule has 0 bridgehead atoms. The number of hydrogen-bond acceptors (Lipinski definition) is 3. The van der Waals surface area contributed by atoms with Gasteiger partial charge in [-0.1, -0.05) is 6.08 Å². The number of nitriles is 2. The Morgan fingerprint density at radius 2 is 2.09 bits per heavy atom. The molecule has 0 aliphatic carbocycles. The van der Waals surface area contributed by atoms with Crippen molar-refractivity contribution in [3.05, 3.63) is 11.6 Å². The second kappa shape index (κ2) is 6.51. The quantitative estimate of drug-likeness (QED) is 0.343. The Morgan fingerprint density at radius 3 is 2.55 bits per heavy atom. The first-order valence-corrected chi connectivity index (χ1v) is 3.25. The highest BCUT2D eigenvalue weighted by Gasteiger charge is 1.91. The number of unbranched alkanes of at least 4 members (excludes halogenated alkanes) is 1. The van der Waals surface area contributed by atoms with Crippen molar-refractivity contribution in [3.8, 4) is 12.1 Å². The Morgan fingerprint density at radius 1 is 1.36 bits per heavy atom. The number of allylic oxidation sites excluding steroid dienone is 2. The van der Waals surface area contributed by atoms with E-state index in [1.807, 2.05) is 12.1 Å². The maximum Gasteiger partial charge on any atom is 0.120 e. The van der Waals surface area contributed by atoms with Crippen LogP contribution in [0.3, 0.4) is 0 Å². The highest BCUT2D eigenvalue weighted by atomic mass is 16.1. The van der Waals surface area contributed by atoms with E-state index in [-0.39, 0.29) is 6.42 Å². The number of aldehydes is 1. The maximum atomic E-state index is 9.86. The van der Waals surface area contributed by atoms with Crippen LogP contribution in [0.15, 0.2) is 11.6 Å². The number of carbonyl (C=O) groups is 1. The molecule has 0 aromatic rings. The highest BCUT2D eigenvalue weighted by molar-refractivity contribution is 5.49. The third kappa shape index (κ3) is 4.87. The van der Waals surface area contributed by atoms with E-state index in [1.54, 1.807) is 6.08 Å². The molecule has 0 amide bonds. The minimum absolute atomic E-state index is 0.134. The zero-order valence-corrected chi connectivity index (χ0v) is 6.08. The van der Waals surface area contributed by atoms with Crippen LogP contribution in [0.2, 0.25) is 0 Å². The molecule has 0 saturated heterocycles. The predicted octanol–water partition coefficient (Wildman–Crippen LogP) is 1.33. The van der Waals surface area contributed by atoms with Crippen LogP contribution in [0.4, 0.5) is 0 Å². The molecule has 0 aliphatic rings. The van der Waals surface area contributed by atoms with Crippen LogP contribution in [0.5, 0.6) is 0 Å². The summed E-state index contributed by atoms with van der Waals surface area (Å²) in [6.07, 6.45) is 3.51. The van der Waals surface area contributed by atoms with E-state index in [2.05, 4.69) is 0 Å². The van der Waals surface area contributed by atoms with E-state index >= 15 is 0 Å². The normalized spacial score (nSPS) is 9.82. The van der Waals surface area contributed by atoms with Crippen LogP contribution in [-0.2, 0) is 4.79 Å². The lowest BCUT2D eigenvalue weighted by atomic mass is 10.2. The first kappa shape index (κ1) is 9.39. The number of rotatable bonds is 4. The van der Waals surface area contributed by atoms with Gasteiger partial charge in [0, 0.05) is 12.0 Å². The molecular weight excluding hydrogens is 140 g/mol. The molecule has 0 aromatic heterocycles. The van der Waals surface area contributed by atoms with E-state index in [0.29, 0.717) is 18.4 Å². The molecule has 0 fully saturated rings. The molecule has 3 heteroatoms. The summed E-state index contributed by atoms with van der Waals surface area (Å²) >= 11 is 0. The van der Waals surface area contributed by atoms with Crippen molar-refractivity contribution in [1.29, 1.82) is 10.5 Å². The molecule has 0 radical (unpaired) electrons. The molecule has 0 unspecified atom stereocenters. The van der Waals surface area contributed by atoms with E-state index in [9.17, 15) is 4.79 Å². The first-order valence-electron chi connectivity index (χ1n) is 3.25. The van der Waals surface area contributed by atoms with Gasteiger partial charge in [-0.2, -0.15) is 10.5 Å². The molecule has 11 heavy (non-hydrogen) atoms. The second-order valence-electron chi connectivity index (χ2n) is 1.92. The van der Waals surface area contributed by atoms with Gasteiger partial charge >= 0.3 is 0 Å². The van der Waals surface area contributed by atoms with Gasteiger partial charge in [0.2, 0.25) is 0 Å². The van der Waals surface area contributed by atoms with E-state index < -0.39 is 0 Å². The molecule has 0 aliphatic heterocycles. The third-order valence-electron chi connectivity index (χ3n) is 1.09. The minimum Gasteiger partial charge on any atom is -0.303 e. The summed E-state index contributed by atoms with van der Waals surface area (Å²) in [6.45, 7) is 0. The van der Waals surface area contributed by atoms with Gasteiger partial charge in [0.05, 0.1) is 18.6 Å². The number of nitrogens with zero attached hydrogens (tertiary/aromatic N) is 2. The number of carbonyl (C=O) groups excluding carboxylic acids is 1. The average molecular weight is 148 g/mol. The molecule has 0 rings (SSSR count). The second-order valence-corrected chi connectivity index (χ2v) is 1.92. The Labute approximate surface area is 65.6 Å². The summed E-state index contributed by atoms with van der Waals surface area (Å²) in [4.78, 5) is 9.86. The van der Waals surface area contributed by atoms with Crippen LogP contribution in [0, 0.1) is 22.7 Å². The SMILES string of the molecule is N#CC/C(C#N)=C/CCC=O. The Bertz CT molecular complexity index is 229. The van der Waals surface area contributed by atoms with Crippen molar-refractivity contribution in [3.63, 3.8) is 0 Å². The first-order chi connectivity index (χ1) is 5.35. The molecule has 0 heterocycles. The average Bonchev–Trinajstić information content (AvgIpc) is 2.03. The van der Waals surface area contributed by atoms with E-state index in [0.717, 1.165) is 6.29 Å². The fourth-order valence-electron chi connectivity index (χ4n) is 0.568. The summed E-state index contributed by atoms with van der Waals surface area (Å²) in [5.41, 5.74) is 0.439. The molecule has 3 nitrogen and oxygen atoms in total. The standard InChI is InChI=1S/C8H8N2O/c9-5-4-8(7-10)3-1-2-6-11/h3,6H,1-2,4H2/b8-3-. The largest absolute Gasteiger partial charge is 0.303 e. The van der Waals surface area contributed by atoms with Gasteiger partial charge in [0.25, 0.3) is 0 Å². The van der Waals surface area contributed by atoms with Gasteiger partial charge < -0.3 is 4.79 Å². The maximum absolute atomic E-state index is 9.86. The topological polar surface area (TPSA) is 64.7 Å². The molecule has 0 N–H and O–H groups in total. The Balaban J connectivity index is 3.85. The van der Waals surface area contributed by atoms with Crippen LogP contribution < -0.4 is 0 Å². The van der Waals surface area contributed by atoms with Crippen LogP contribution in [0.1, 0.15) is 19.3 Å². The van der Waals surface area contributed by atoms with Crippen molar-refractivity contribution in [2.75, 3.05) is 0 Å². The lowest BCUT2D eigenvalue weighted by Crippen LogP contribution is -1.78. The fourth-order valence-corrected chi connectivity index (χ4v) is 0.568. The molecular formula is C8H8N2O. The van der Waals surface area contributed by atoms with Crippen molar-refractivity contribution >= 4 is 6.29 Å². The van der Waals surface area contributed by atoms with Crippen LogP contribution >= 0.6 is 0 Å². The zero-order chi connectivity index (χ0) is 8.53. The van der Waals surface area contributed by atoms with Crippen LogP contribution in [0.25, 0.3) is 0 Å². The fraction of sp³-hybridized carbons (Fsp3) is 0.375. The van der Waals surface area contributed by atoms with Crippen molar-refractivity contribution in [2.45, 2.75) is 19.3 Å². The van der Waals surface area contributed by atoms with Gasteiger partial charge in [-0.3, -0.25) is 0 Å². The molecule has 0 spiro atoms. The summed E-state index contributed by atoms with van der Waals surface area (Å²) in [5.74, 6) is 0. The van der Waals surface area contributed by atoms with Crippen molar-refractivity contribution < 1.29 is 4.79 Å². The lowest BCUT2D eigenvalue weighted by molar-refractivity contribution is -0.107. The van der Waals surface area contributed by atoms with Gasteiger partial charge in [-0.25, -0.2) is 0 Å². The third-order valence-corrected chi connectivity index (χ3v) is 1.09. The minimum atomic E-state index is 0.134. The highest BCUT2D eigenvalue weighted by Crippen LogP contribution is 2.00. The summed E-state index contributed by atoms with van der Waals surface area (Å²) in [6, 6.07) is 3.75. The number of hydrogen-bond donors (Lipinski definition) is 0. The smallest absolute Gasteiger partial charge is 0.120 e. The summed E-state index contributed by atoms with van der Waals surface area (Å²) < 4.78 is 0. The summed E-state index contributed by atoms with van der Waals surface area (Å²) in [5, 5.41) is 16.6. The Kier molecular flexibility index (Phi) is 5.56. The zero-order valence-electron chi connectivity index (χ0n) is 6.08. The molecule has 0 aromatic carbocycles.